The maximum absolute atomic E-state index is 13.3. The molecule has 0 aliphatic carbocycles. The summed E-state index contributed by atoms with van der Waals surface area (Å²) in [6.45, 7) is 1.56. The molecular formula is C23H20F2N2O2S. The summed E-state index contributed by atoms with van der Waals surface area (Å²) in [4.78, 5) is 11.9. The van der Waals surface area contributed by atoms with Crippen molar-refractivity contribution in [1.82, 2.24) is 5.06 Å². The molecule has 0 saturated carbocycles. The van der Waals surface area contributed by atoms with Gasteiger partial charge in [-0.05, 0) is 71.7 Å². The van der Waals surface area contributed by atoms with Gasteiger partial charge in [-0.2, -0.15) is 5.06 Å². The summed E-state index contributed by atoms with van der Waals surface area (Å²) >= 11 is 1.44. The van der Waals surface area contributed by atoms with Crippen LogP contribution in [0.4, 0.5) is 13.6 Å². The van der Waals surface area contributed by atoms with Crippen LogP contribution in [0.3, 0.4) is 0 Å². The molecule has 2 aromatic carbocycles. The van der Waals surface area contributed by atoms with Crippen molar-refractivity contribution in [2.45, 2.75) is 25.8 Å². The summed E-state index contributed by atoms with van der Waals surface area (Å²) in [5.74, 6) is 5.25. The summed E-state index contributed by atoms with van der Waals surface area (Å²) in [5, 5.41) is 12.0. The average molecular weight is 426 g/mol. The fraction of sp³-hybridized carbons (Fsp3) is 0.174. The minimum absolute atomic E-state index is 0.292. The number of halogens is 2. The summed E-state index contributed by atoms with van der Waals surface area (Å²) < 4.78 is 26.5. The van der Waals surface area contributed by atoms with Crippen LogP contribution in [0.2, 0.25) is 0 Å². The van der Waals surface area contributed by atoms with Crippen LogP contribution >= 0.6 is 11.3 Å². The molecule has 7 heteroatoms. The first-order valence-electron chi connectivity index (χ1n) is 9.20. The van der Waals surface area contributed by atoms with E-state index in [9.17, 15) is 18.8 Å². The van der Waals surface area contributed by atoms with Gasteiger partial charge >= 0.3 is 6.03 Å². The normalized spacial score (nSPS) is 11.5. The van der Waals surface area contributed by atoms with Gasteiger partial charge in [0.1, 0.15) is 17.7 Å². The summed E-state index contributed by atoms with van der Waals surface area (Å²) in [6, 6.07) is 10.8. The lowest BCUT2D eigenvalue weighted by Gasteiger charge is -2.14. The lowest BCUT2D eigenvalue weighted by atomic mass is 9.97. The molecule has 3 N–H and O–H groups in total. The molecule has 4 nitrogen and oxygen atoms in total. The van der Waals surface area contributed by atoms with E-state index in [0.717, 1.165) is 27.1 Å². The van der Waals surface area contributed by atoms with E-state index in [4.69, 9.17) is 5.73 Å². The van der Waals surface area contributed by atoms with E-state index in [0.29, 0.717) is 17.9 Å². The maximum Gasteiger partial charge on any atom is 0.339 e. The Balaban J connectivity index is 1.93. The highest BCUT2D eigenvalue weighted by Crippen LogP contribution is 2.27. The monoisotopic (exact) mass is 426 g/mol. The number of carbonyl (C=O) groups is 1. The highest BCUT2D eigenvalue weighted by molar-refractivity contribution is 7.10. The van der Waals surface area contributed by atoms with E-state index < -0.39 is 12.1 Å². The third kappa shape index (κ3) is 5.44. The standard InChI is InChI=1S/C23H20F2N2O2S/c1-15(27(29)23(26)28)2-11-22-21(13-17-5-9-20(25)10-6-17)18(14-30-22)12-16-3-7-19(24)8-4-16/h3-10,14-15,29H,12-13H2,1H3,(H2,26,28). The number of hydroxylamine groups is 2. The Hall–Kier alpha value is -3.21. The number of rotatable bonds is 5. The zero-order valence-corrected chi connectivity index (χ0v) is 17.0. The van der Waals surface area contributed by atoms with E-state index in [1.807, 2.05) is 5.38 Å². The molecule has 2 amide bonds. The highest BCUT2D eigenvalue weighted by Gasteiger charge is 2.15. The van der Waals surface area contributed by atoms with Gasteiger partial charge in [0.25, 0.3) is 0 Å². The van der Waals surface area contributed by atoms with Crippen LogP contribution in [0.15, 0.2) is 53.9 Å². The highest BCUT2D eigenvalue weighted by atomic mass is 32.1. The minimum atomic E-state index is -0.980. The molecular weight excluding hydrogens is 406 g/mol. The van der Waals surface area contributed by atoms with Crippen LogP contribution in [0.1, 0.15) is 34.1 Å². The van der Waals surface area contributed by atoms with Gasteiger partial charge in [-0.15, -0.1) is 11.3 Å². The molecule has 0 bridgehead atoms. The Bertz CT molecular complexity index is 1080. The fourth-order valence-corrected chi connectivity index (χ4v) is 3.86. The first-order chi connectivity index (χ1) is 14.3. The third-order valence-corrected chi connectivity index (χ3v) is 5.56. The van der Waals surface area contributed by atoms with Crippen molar-refractivity contribution in [3.05, 3.63) is 92.7 Å². The molecule has 0 fully saturated rings. The van der Waals surface area contributed by atoms with Crippen LogP contribution in [0.5, 0.6) is 0 Å². The third-order valence-electron chi connectivity index (χ3n) is 4.57. The first kappa shape index (κ1) is 21.5. The van der Waals surface area contributed by atoms with Crippen LogP contribution in [0.25, 0.3) is 0 Å². The average Bonchev–Trinajstić information content (AvgIpc) is 3.10. The predicted molar refractivity (Wildman–Crippen MR) is 112 cm³/mol. The lowest BCUT2D eigenvalue weighted by molar-refractivity contribution is -0.0536. The second-order valence-corrected chi connectivity index (χ2v) is 7.68. The van der Waals surface area contributed by atoms with Gasteiger partial charge in [-0.1, -0.05) is 36.1 Å². The first-order valence-corrected chi connectivity index (χ1v) is 10.1. The van der Waals surface area contributed by atoms with Crippen LogP contribution < -0.4 is 5.73 Å². The summed E-state index contributed by atoms with van der Waals surface area (Å²) in [5.41, 5.74) is 8.95. The van der Waals surface area contributed by atoms with Crippen molar-refractivity contribution in [1.29, 1.82) is 0 Å². The van der Waals surface area contributed by atoms with Crippen LogP contribution in [-0.4, -0.2) is 22.3 Å². The zero-order chi connectivity index (χ0) is 21.7. The molecule has 0 spiro atoms. The number of carbonyl (C=O) groups excluding carboxylic acids is 1. The van der Waals surface area contributed by atoms with Gasteiger partial charge in [0.2, 0.25) is 0 Å². The van der Waals surface area contributed by atoms with E-state index >= 15 is 0 Å². The number of hydrogen-bond acceptors (Lipinski definition) is 3. The second kappa shape index (κ2) is 9.53. The van der Waals surface area contributed by atoms with Crippen molar-refractivity contribution >= 4 is 17.4 Å². The molecule has 154 valence electrons. The second-order valence-electron chi connectivity index (χ2n) is 6.80. The van der Waals surface area contributed by atoms with Gasteiger partial charge in [0, 0.05) is 0 Å². The largest absolute Gasteiger partial charge is 0.350 e. The van der Waals surface area contributed by atoms with E-state index in [-0.39, 0.29) is 11.6 Å². The number of hydrogen-bond donors (Lipinski definition) is 2. The molecule has 0 radical (unpaired) electrons. The van der Waals surface area contributed by atoms with Gasteiger partial charge in [0.15, 0.2) is 0 Å². The molecule has 1 aromatic heterocycles. The number of nitrogens with two attached hydrogens (primary N) is 1. The SMILES string of the molecule is CC(C#Cc1scc(Cc2ccc(F)cc2)c1Cc1ccc(F)cc1)N(O)C(N)=O. The molecule has 1 unspecified atom stereocenters. The Morgan fingerprint density at radius 3 is 2.13 bits per heavy atom. The maximum atomic E-state index is 13.3. The van der Waals surface area contributed by atoms with Gasteiger partial charge in [0.05, 0.1) is 4.88 Å². The Morgan fingerprint density at radius 1 is 1.07 bits per heavy atom. The Labute approximate surface area is 177 Å². The molecule has 1 atom stereocenters. The summed E-state index contributed by atoms with van der Waals surface area (Å²) in [6.07, 6.45) is 1.13. The molecule has 0 saturated heterocycles. The minimum Gasteiger partial charge on any atom is -0.350 e. The van der Waals surface area contributed by atoms with Crippen molar-refractivity contribution in [3.63, 3.8) is 0 Å². The van der Waals surface area contributed by atoms with E-state index in [1.54, 1.807) is 31.2 Å². The molecule has 1 heterocycles. The number of amides is 2. The Kier molecular flexibility index (Phi) is 6.83. The van der Waals surface area contributed by atoms with Crippen molar-refractivity contribution < 1.29 is 18.8 Å². The van der Waals surface area contributed by atoms with E-state index in [1.165, 1.54) is 35.6 Å². The topological polar surface area (TPSA) is 66.6 Å². The van der Waals surface area contributed by atoms with Crippen LogP contribution in [0, 0.1) is 23.5 Å². The van der Waals surface area contributed by atoms with Gasteiger partial charge < -0.3 is 5.73 Å². The smallest absolute Gasteiger partial charge is 0.339 e. The molecule has 3 rings (SSSR count). The molecule has 30 heavy (non-hydrogen) atoms. The number of nitrogens with zero attached hydrogens (tertiary/aromatic N) is 1. The quantitative estimate of drug-likeness (QED) is 0.352. The van der Waals surface area contributed by atoms with Crippen molar-refractivity contribution in [3.8, 4) is 11.8 Å². The zero-order valence-electron chi connectivity index (χ0n) is 16.2. The number of urea groups is 1. The molecule has 0 aliphatic rings. The van der Waals surface area contributed by atoms with Gasteiger partial charge in [-0.25, -0.2) is 13.6 Å². The van der Waals surface area contributed by atoms with Gasteiger partial charge in [-0.3, -0.25) is 5.21 Å². The summed E-state index contributed by atoms with van der Waals surface area (Å²) in [7, 11) is 0. The lowest BCUT2D eigenvalue weighted by Crippen LogP contribution is -2.38. The number of benzene rings is 2. The fourth-order valence-electron chi connectivity index (χ4n) is 2.92. The molecule has 0 aliphatic heterocycles. The van der Waals surface area contributed by atoms with Crippen molar-refractivity contribution in [2.24, 2.45) is 5.73 Å². The number of primary amides is 1. The number of thiophene rings is 1. The van der Waals surface area contributed by atoms with E-state index in [2.05, 4.69) is 11.8 Å². The van der Waals surface area contributed by atoms with Crippen LogP contribution in [-0.2, 0) is 12.8 Å². The predicted octanol–water partition coefficient (Wildman–Crippen LogP) is 4.72. The van der Waals surface area contributed by atoms with Crippen molar-refractivity contribution in [2.75, 3.05) is 0 Å². The Morgan fingerprint density at radius 2 is 1.60 bits per heavy atom. The molecule has 3 aromatic rings.